The Labute approximate surface area is 126 Å². The molecule has 0 radical (unpaired) electrons. The Bertz CT molecular complexity index is 535. The molecule has 0 aliphatic heterocycles. The Kier molecular flexibility index (Phi) is 5.43. The Balaban J connectivity index is 2.92. The molecule has 0 spiro atoms. The average molecular weight is 321 g/mol. The van der Waals surface area contributed by atoms with E-state index in [0.717, 1.165) is 12.1 Å². The highest BCUT2D eigenvalue weighted by Crippen LogP contribution is 2.32. The monoisotopic (exact) mass is 321 g/mol. The normalized spacial score (nSPS) is 13.6. The molecule has 124 valence electrons. The largest absolute Gasteiger partial charge is 0.444 e. The number of rotatable bonds is 3. The van der Waals surface area contributed by atoms with Gasteiger partial charge < -0.3 is 10.1 Å². The second-order valence-electron chi connectivity index (χ2n) is 5.84. The Hall–Kier alpha value is -1.79. The van der Waals surface area contributed by atoms with Crippen LogP contribution in [0.25, 0.3) is 0 Å². The van der Waals surface area contributed by atoms with Gasteiger partial charge >= 0.3 is 12.3 Å². The van der Waals surface area contributed by atoms with E-state index in [9.17, 15) is 22.4 Å². The van der Waals surface area contributed by atoms with Crippen LogP contribution in [0.15, 0.2) is 18.2 Å². The SMILES string of the molecule is CC[C@@H](NC(=O)OC(C)(C)C)c1ccc(C(F)(F)F)c(F)c1. The molecule has 0 saturated heterocycles. The van der Waals surface area contributed by atoms with Gasteiger partial charge in [-0.15, -0.1) is 0 Å². The number of alkyl halides is 3. The van der Waals surface area contributed by atoms with Crippen LogP contribution in [0.4, 0.5) is 22.4 Å². The summed E-state index contributed by atoms with van der Waals surface area (Å²) in [6.07, 6.45) is -5.08. The number of ether oxygens (including phenoxy) is 1. The predicted molar refractivity (Wildman–Crippen MR) is 73.8 cm³/mol. The lowest BCUT2D eigenvalue weighted by Crippen LogP contribution is -2.34. The van der Waals surface area contributed by atoms with Gasteiger partial charge in [0, 0.05) is 0 Å². The van der Waals surface area contributed by atoms with Crippen molar-refractivity contribution in [2.45, 2.75) is 51.9 Å². The van der Waals surface area contributed by atoms with Crippen molar-refractivity contribution >= 4 is 6.09 Å². The molecule has 0 aromatic heterocycles. The van der Waals surface area contributed by atoms with E-state index < -0.39 is 35.3 Å². The van der Waals surface area contributed by atoms with Crippen molar-refractivity contribution in [3.63, 3.8) is 0 Å². The minimum Gasteiger partial charge on any atom is -0.444 e. The third-order valence-corrected chi connectivity index (χ3v) is 2.80. The van der Waals surface area contributed by atoms with Crippen LogP contribution in [0.3, 0.4) is 0 Å². The molecule has 0 fully saturated rings. The molecule has 1 aromatic rings. The van der Waals surface area contributed by atoms with Crippen molar-refractivity contribution in [1.82, 2.24) is 5.32 Å². The van der Waals surface area contributed by atoms with E-state index in [1.54, 1.807) is 27.7 Å². The van der Waals surface area contributed by atoms with Gasteiger partial charge in [-0.2, -0.15) is 13.2 Å². The number of alkyl carbamates (subject to hydrolysis) is 1. The van der Waals surface area contributed by atoms with E-state index in [4.69, 9.17) is 4.74 Å². The van der Waals surface area contributed by atoms with Crippen molar-refractivity contribution in [3.05, 3.63) is 35.1 Å². The Morgan fingerprint density at radius 1 is 1.27 bits per heavy atom. The number of hydrogen-bond donors (Lipinski definition) is 1. The minimum absolute atomic E-state index is 0.249. The van der Waals surface area contributed by atoms with Gasteiger partial charge in [0.2, 0.25) is 0 Å². The maximum absolute atomic E-state index is 13.6. The highest BCUT2D eigenvalue weighted by Gasteiger charge is 2.34. The number of carbonyl (C=O) groups is 1. The average Bonchev–Trinajstić information content (AvgIpc) is 2.32. The summed E-state index contributed by atoms with van der Waals surface area (Å²) in [4.78, 5) is 11.7. The van der Waals surface area contributed by atoms with E-state index in [1.807, 2.05) is 0 Å². The van der Waals surface area contributed by atoms with E-state index in [2.05, 4.69) is 5.32 Å². The lowest BCUT2D eigenvalue weighted by atomic mass is 10.0. The molecule has 1 rings (SSSR count). The van der Waals surface area contributed by atoms with Crippen molar-refractivity contribution in [3.8, 4) is 0 Å². The molecule has 0 heterocycles. The Morgan fingerprint density at radius 3 is 2.27 bits per heavy atom. The van der Waals surface area contributed by atoms with Crippen LogP contribution in [0.2, 0.25) is 0 Å². The molecule has 1 amide bonds. The van der Waals surface area contributed by atoms with Crippen molar-refractivity contribution in [2.24, 2.45) is 0 Å². The fourth-order valence-electron chi connectivity index (χ4n) is 1.85. The molecular weight excluding hydrogens is 302 g/mol. The number of amides is 1. The number of halogens is 4. The van der Waals surface area contributed by atoms with Gasteiger partial charge in [-0.3, -0.25) is 0 Å². The predicted octanol–water partition coefficient (Wildman–Crippen LogP) is 4.82. The van der Waals surface area contributed by atoms with Gasteiger partial charge in [-0.25, -0.2) is 9.18 Å². The van der Waals surface area contributed by atoms with Crippen LogP contribution in [0, 0.1) is 5.82 Å². The third-order valence-electron chi connectivity index (χ3n) is 2.80. The van der Waals surface area contributed by atoms with Crippen LogP contribution in [0.1, 0.15) is 51.3 Å². The molecule has 1 aromatic carbocycles. The molecular formula is C15H19F4NO2. The zero-order chi connectivity index (χ0) is 17.1. The topological polar surface area (TPSA) is 38.3 Å². The van der Waals surface area contributed by atoms with Crippen LogP contribution in [0.5, 0.6) is 0 Å². The zero-order valence-electron chi connectivity index (χ0n) is 12.8. The maximum Gasteiger partial charge on any atom is 0.419 e. The maximum atomic E-state index is 13.6. The first-order valence-corrected chi connectivity index (χ1v) is 6.80. The molecule has 0 aliphatic carbocycles. The summed E-state index contributed by atoms with van der Waals surface area (Å²) < 4.78 is 56.3. The summed E-state index contributed by atoms with van der Waals surface area (Å²) in [5.41, 5.74) is -1.78. The van der Waals surface area contributed by atoms with Gasteiger partial charge in [0.15, 0.2) is 0 Å². The van der Waals surface area contributed by atoms with E-state index in [0.29, 0.717) is 12.5 Å². The number of benzene rings is 1. The van der Waals surface area contributed by atoms with Gasteiger partial charge in [0.1, 0.15) is 11.4 Å². The van der Waals surface area contributed by atoms with Gasteiger partial charge in [0.25, 0.3) is 0 Å². The first-order chi connectivity index (χ1) is 9.94. The van der Waals surface area contributed by atoms with Crippen molar-refractivity contribution < 1.29 is 27.1 Å². The lowest BCUT2D eigenvalue weighted by molar-refractivity contribution is -0.140. The summed E-state index contributed by atoms with van der Waals surface area (Å²) in [5, 5.41) is 2.52. The highest BCUT2D eigenvalue weighted by atomic mass is 19.4. The first-order valence-electron chi connectivity index (χ1n) is 6.80. The van der Waals surface area contributed by atoms with Crippen molar-refractivity contribution in [1.29, 1.82) is 0 Å². The van der Waals surface area contributed by atoms with Crippen LogP contribution in [-0.4, -0.2) is 11.7 Å². The molecule has 0 saturated carbocycles. The Morgan fingerprint density at radius 2 is 1.86 bits per heavy atom. The number of hydrogen-bond acceptors (Lipinski definition) is 2. The summed E-state index contributed by atoms with van der Waals surface area (Å²) in [7, 11) is 0. The summed E-state index contributed by atoms with van der Waals surface area (Å²) in [6.45, 7) is 6.78. The van der Waals surface area contributed by atoms with Gasteiger partial charge in [0.05, 0.1) is 11.6 Å². The molecule has 0 aliphatic rings. The summed E-state index contributed by atoms with van der Waals surface area (Å²) in [5.74, 6) is -1.37. The van der Waals surface area contributed by atoms with Crippen molar-refractivity contribution in [2.75, 3.05) is 0 Å². The highest BCUT2D eigenvalue weighted by molar-refractivity contribution is 5.68. The molecule has 1 N–H and O–H groups in total. The minimum atomic E-state index is -4.75. The van der Waals surface area contributed by atoms with Crippen LogP contribution < -0.4 is 5.32 Å². The second-order valence-corrected chi connectivity index (χ2v) is 5.84. The summed E-state index contributed by atoms with van der Waals surface area (Å²) in [6, 6.07) is 1.97. The van der Waals surface area contributed by atoms with Crippen LogP contribution >= 0.6 is 0 Å². The molecule has 0 bridgehead atoms. The molecule has 22 heavy (non-hydrogen) atoms. The molecule has 7 heteroatoms. The summed E-state index contributed by atoms with van der Waals surface area (Å²) >= 11 is 0. The quantitative estimate of drug-likeness (QED) is 0.811. The first kappa shape index (κ1) is 18.3. The second kappa shape index (κ2) is 6.54. The molecule has 3 nitrogen and oxygen atoms in total. The third kappa shape index (κ3) is 5.20. The smallest absolute Gasteiger partial charge is 0.419 e. The fourth-order valence-corrected chi connectivity index (χ4v) is 1.85. The fraction of sp³-hybridized carbons (Fsp3) is 0.533. The standard InChI is InChI=1S/C15H19F4NO2/c1-5-12(20-13(21)22-14(2,3)4)9-6-7-10(11(16)8-9)15(17,18)19/h6-8,12H,5H2,1-4H3,(H,20,21)/t12-/m1/s1. The van der Waals surface area contributed by atoms with Gasteiger partial charge in [-0.1, -0.05) is 13.0 Å². The molecule has 0 unspecified atom stereocenters. The zero-order valence-corrected chi connectivity index (χ0v) is 12.8. The number of nitrogens with one attached hydrogen (secondary N) is 1. The van der Waals surface area contributed by atoms with E-state index in [-0.39, 0.29) is 5.56 Å². The van der Waals surface area contributed by atoms with E-state index in [1.165, 1.54) is 0 Å². The molecule has 1 atom stereocenters. The number of carbonyl (C=O) groups excluding carboxylic acids is 1. The van der Waals surface area contributed by atoms with Gasteiger partial charge in [-0.05, 0) is 44.9 Å². The lowest BCUT2D eigenvalue weighted by Gasteiger charge is -2.23. The van der Waals surface area contributed by atoms with E-state index >= 15 is 0 Å². The van der Waals surface area contributed by atoms with Crippen LogP contribution in [-0.2, 0) is 10.9 Å².